The summed E-state index contributed by atoms with van der Waals surface area (Å²) in [7, 11) is 1.55. The van der Waals surface area contributed by atoms with E-state index in [2.05, 4.69) is 0 Å². The molecule has 1 aromatic rings. The van der Waals surface area contributed by atoms with Gasteiger partial charge in [-0.15, -0.1) is 0 Å². The van der Waals surface area contributed by atoms with Gasteiger partial charge in [0.2, 0.25) is 0 Å². The molecule has 2 N–H and O–H groups in total. The van der Waals surface area contributed by atoms with Crippen LogP contribution >= 0.6 is 0 Å². The van der Waals surface area contributed by atoms with E-state index in [0.29, 0.717) is 23.7 Å². The molecule has 0 unspecified atom stereocenters. The van der Waals surface area contributed by atoms with Crippen molar-refractivity contribution in [1.82, 2.24) is 0 Å². The molecule has 0 aliphatic carbocycles. The Kier molecular flexibility index (Phi) is 5.42. The first-order valence-corrected chi connectivity index (χ1v) is 5.84. The zero-order valence-corrected chi connectivity index (χ0v) is 11.0. The van der Waals surface area contributed by atoms with E-state index in [0.717, 1.165) is 6.42 Å². The molecule has 5 nitrogen and oxygen atoms in total. The molecule has 1 rings (SSSR count). The average Bonchev–Trinajstić information content (AvgIpc) is 2.42. The second-order valence-corrected chi connectivity index (χ2v) is 3.79. The Morgan fingerprint density at radius 2 is 2.21 bits per heavy atom. The summed E-state index contributed by atoms with van der Waals surface area (Å²) < 4.78 is 10.7. The fraction of sp³-hybridized carbons (Fsp3) is 0.286. The second kappa shape index (κ2) is 7.07. The van der Waals surface area contributed by atoms with Gasteiger partial charge in [-0.25, -0.2) is 0 Å². The van der Waals surface area contributed by atoms with E-state index in [9.17, 15) is 4.79 Å². The zero-order valence-electron chi connectivity index (χ0n) is 11.0. The lowest BCUT2D eigenvalue weighted by Crippen LogP contribution is -2.12. The van der Waals surface area contributed by atoms with Gasteiger partial charge >= 0.3 is 0 Å². The summed E-state index contributed by atoms with van der Waals surface area (Å²) in [5.41, 5.74) is 5.63. The van der Waals surface area contributed by atoms with Crippen LogP contribution in [0.1, 0.15) is 18.9 Å². The number of carbonyl (C=O) groups excluding carboxylic acids is 1. The van der Waals surface area contributed by atoms with E-state index in [1.807, 2.05) is 6.92 Å². The van der Waals surface area contributed by atoms with Crippen LogP contribution in [0.4, 0.5) is 0 Å². The van der Waals surface area contributed by atoms with Crippen molar-refractivity contribution in [3.63, 3.8) is 0 Å². The fourth-order valence-corrected chi connectivity index (χ4v) is 1.43. The molecule has 1 amide bonds. The molecule has 1 aromatic carbocycles. The number of nitriles is 1. The number of rotatable bonds is 6. The number of hydrogen-bond acceptors (Lipinski definition) is 4. The number of carbonyl (C=O) groups is 1. The topological polar surface area (TPSA) is 85.3 Å². The van der Waals surface area contributed by atoms with Crippen LogP contribution in [0.25, 0.3) is 6.08 Å². The normalized spacial score (nSPS) is 10.7. The van der Waals surface area contributed by atoms with Gasteiger partial charge in [0.05, 0.1) is 13.7 Å². The lowest BCUT2D eigenvalue weighted by molar-refractivity contribution is -0.114. The summed E-state index contributed by atoms with van der Waals surface area (Å²) >= 11 is 0. The van der Waals surface area contributed by atoms with Gasteiger partial charge in [-0.3, -0.25) is 4.79 Å². The van der Waals surface area contributed by atoms with Crippen LogP contribution in [-0.2, 0) is 4.79 Å². The summed E-state index contributed by atoms with van der Waals surface area (Å²) in [5.74, 6) is 0.414. The third-order valence-electron chi connectivity index (χ3n) is 2.35. The Balaban J connectivity index is 3.11. The third-order valence-corrected chi connectivity index (χ3v) is 2.35. The van der Waals surface area contributed by atoms with Crippen molar-refractivity contribution in [3.8, 4) is 17.6 Å². The standard InChI is InChI=1S/C14H16N2O3/c1-3-6-19-13-8-10(4-5-12(13)18-2)7-11(9-15)14(16)17/h4-5,7-8H,3,6H2,1-2H3,(H2,16,17)/b11-7+. The molecular formula is C14H16N2O3. The molecule has 0 atom stereocenters. The molecular weight excluding hydrogens is 244 g/mol. The molecule has 0 aromatic heterocycles. The van der Waals surface area contributed by atoms with Gasteiger partial charge in [0.15, 0.2) is 11.5 Å². The van der Waals surface area contributed by atoms with E-state index in [1.54, 1.807) is 31.4 Å². The second-order valence-electron chi connectivity index (χ2n) is 3.79. The minimum atomic E-state index is -0.755. The van der Waals surface area contributed by atoms with Crippen molar-refractivity contribution < 1.29 is 14.3 Å². The minimum absolute atomic E-state index is 0.105. The maximum absolute atomic E-state index is 11.0. The highest BCUT2D eigenvalue weighted by atomic mass is 16.5. The van der Waals surface area contributed by atoms with Crippen LogP contribution in [0.15, 0.2) is 23.8 Å². The van der Waals surface area contributed by atoms with Gasteiger partial charge in [0.1, 0.15) is 11.6 Å². The summed E-state index contributed by atoms with van der Waals surface area (Å²) in [4.78, 5) is 11.0. The van der Waals surface area contributed by atoms with Crippen molar-refractivity contribution in [2.45, 2.75) is 13.3 Å². The number of nitrogens with two attached hydrogens (primary N) is 1. The third kappa shape index (κ3) is 4.03. The van der Waals surface area contributed by atoms with Crippen molar-refractivity contribution in [3.05, 3.63) is 29.3 Å². The SMILES string of the molecule is CCCOc1cc(/C=C(\C#N)C(N)=O)ccc1OC. The Morgan fingerprint density at radius 3 is 2.74 bits per heavy atom. The Hall–Kier alpha value is -2.48. The van der Waals surface area contributed by atoms with Gasteiger partial charge in [-0.1, -0.05) is 13.0 Å². The molecule has 0 radical (unpaired) electrons. The highest BCUT2D eigenvalue weighted by Crippen LogP contribution is 2.29. The van der Waals surface area contributed by atoms with Crippen LogP contribution in [-0.4, -0.2) is 19.6 Å². The molecule has 0 bridgehead atoms. The monoisotopic (exact) mass is 260 g/mol. The molecule has 0 spiro atoms. The number of amides is 1. The number of hydrogen-bond donors (Lipinski definition) is 1. The van der Waals surface area contributed by atoms with Gasteiger partial charge in [0, 0.05) is 0 Å². The molecule has 19 heavy (non-hydrogen) atoms. The summed E-state index contributed by atoms with van der Waals surface area (Å²) in [5, 5.41) is 8.79. The average molecular weight is 260 g/mol. The van der Waals surface area contributed by atoms with Crippen LogP contribution in [0.3, 0.4) is 0 Å². The summed E-state index contributed by atoms with van der Waals surface area (Å²) in [6.07, 6.45) is 2.29. The molecule has 0 heterocycles. The predicted molar refractivity (Wildman–Crippen MR) is 71.6 cm³/mol. The van der Waals surface area contributed by atoms with E-state index in [4.69, 9.17) is 20.5 Å². The molecule has 0 aliphatic heterocycles. The molecule has 0 aliphatic rings. The van der Waals surface area contributed by atoms with Gasteiger partial charge in [-0.05, 0) is 30.2 Å². The van der Waals surface area contributed by atoms with Crippen molar-refractivity contribution in [2.75, 3.05) is 13.7 Å². The number of benzene rings is 1. The highest BCUT2D eigenvalue weighted by molar-refractivity contribution is 6.00. The Labute approximate surface area is 112 Å². The van der Waals surface area contributed by atoms with E-state index >= 15 is 0 Å². The minimum Gasteiger partial charge on any atom is -0.493 e. The number of ether oxygens (including phenoxy) is 2. The first-order valence-electron chi connectivity index (χ1n) is 5.84. The predicted octanol–water partition coefficient (Wildman–Crippen LogP) is 1.88. The van der Waals surface area contributed by atoms with Crippen LogP contribution in [0, 0.1) is 11.3 Å². The molecule has 5 heteroatoms. The van der Waals surface area contributed by atoms with E-state index in [-0.39, 0.29) is 5.57 Å². The van der Waals surface area contributed by atoms with Gasteiger partial charge in [-0.2, -0.15) is 5.26 Å². The van der Waals surface area contributed by atoms with Crippen molar-refractivity contribution in [1.29, 1.82) is 5.26 Å². The van der Waals surface area contributed by atoms with Crippen molar-refractivity contribution in [2.24, 2.45) is 5.73 Å². The molecule has 0 saturated heterocycles. The first kappa shape index (κ1) is 14.6. The molecule has 0 saturated carbocycles. The zero-order chi connectivity index (χ0) is 14.3. The molecule has 0 fully saturated rings. The smallest absolute Gasteiger partial charge is 0.259 e. The maximum Gasteiger partial charge on any atom is 0.259 e. The van der Waals surface area contributed by atoms with E-state index in [1.165, 1.54) is 6.08 Å². The van der Waals surface area contributed by atoms with Gasteiger partial charge in [0.25, 0.3) is 5.91 Å². The number of methoxy groups -OCH3 is 1. The highest BCUT2D eigenvalue weighted by Gasteiger charge is 2.07. The lowest BCUT2D eigenvalue weighted by Gasteiger charge is -2.10. The van der Waals surface area contributed by atoms with Crippen molar-refractivity contribution >= 4 is 12.0 Å². The quantitative estimate of drug-likeness (QED) is 0.625. The van der Waals surface area contributed by atoms with Crippen LogP contribution in [0.5, 0.6) is 11.5 Å². The van der Waals surface area contributed by atoms with Gasteiger partial charge < -0.3 is 15.2 Å². The molecule has 100 valence electrons. The summed E-state index contributed by atoms with van der Waals surface area (Å²) in [6.45, 7) is 2.56. The fourth-order valence-electron chi connectivity index (χ4n) is 1.43. The first-order chi connectivity index (χ1) is 9.12. The Bertz CT molecular complexity index is 530. The number of nitrogens with zero attached hydrogens (tertiary/aromatic N) is 1. The lowest BCUT2D eigenvalue weighted by atomic mass is 10.1. The maximum atomic E-state index is 11.0. The Morgan fingerprint density at radius 1 is 1.47 bits per heavy atom. The van der Waals surface area contributed by atoms with Crippen LogP contribution < -0.4 is 15.2 Å². The largest absolute Gasteiger partial charge is 0.493 e. The van der Waals surface area contributed by atoms with Crippen LogP contribution in [0.2, 0.25) is 0 Å². The summed E-state index contributed by atoms with van der Waals surface area (Å²) in [6, 6.07) is 6.89. The number of primary amides is 1. The van der Waals surface area contributed by atoms with E-state index < -0.39 is 5.91 Å².